The Balaban J connectivity index is 1.92. The Labute approximate surface area is 167 Å². The minimum absolute atomic E-state index is 0.00564. The fourth-order valence-corrected chi connectivity index (χ4v) is 3.20. The lowest BCUT2D eigenvalue weighted by Gasteiger charge is -2.14. The van der Waals surface area contributed by atoms with E-state index in [1.165, 1.54) is 28.9 Å². The van der Waals surface area contributed by atoms with E-state index >= 15 is 0 Å². The number of benzene rings is 3. The Morgan fingerprint density at radius 2 is 1.67 bits per heavy atom. The second-order valence-corrected chi connectivity index (χ2v) is 6.67. The zero-order valence-electron chi connectivity index (χ0n) is 15.3. The summed E-state index contributed by atoms with van der Waals surface area (Å²) in [6, 6.07) is 13.8. The lowest BCUT2D eigenvalue weighted by Crippen LogP contribution is -2.18. The molecule has 0 saturated heterocycles. The standard InChI is InChI=1S/C22H13F5N2O/c23-16-9-8-14(18(24)11-16)12-29-19-7-2-1-6-17(19)21(30)20(28-29)13-4-3-5-15(10-13)22(25,26)27/h1-11H,12H2. The van der Waals surface area contributed by atoms with Crippen molar-refractivity contribution in [2.45, 2.75) is 12.7 Å². The van der Waals surface area contributed by atoms with Gasteiger partial charge in [0.05, 0.1) is 17.6 Å². The molecule has 0 saturated carbocycles. The number of alkyl halides is 3. The lowest BCUT2D eigenvalue weighted by atomic mass is 10.1. The van der Waals surface area contributed by atoms with E-state index in [1.54, 1.807) is 18.2 Å². The summed E-state index contributed by atoms with van der Waals surface area (Å²) in [6.07, 6.45) is -4.58. The van der Waals surface area contributed by atoms with Crippen molar-refractivity contribution in [2.24, 2.45) is 0 Å². The first-order valence-corrected chi connectivity index (χ1v) is 8.85. The molecule has 30 heavy (non-hydrogen) atoms. The summed E-state index contributed by atoms with van der Waals surface area (Å²) in [5.41, 5.74) is -1.16. The Morgan fingerprint density at radius 1 is 0.900 bits per heavy atom. The van der Waals surface area contributed by atoms with Gasteiger partial charge in [0.2, 0.25) is 5.43 Å². The maximum atomic E-state index is 14.2. The van der Waals surface area contributed by atoms with Gasteiger partial charge in [0.1, 0.15) is 17.3 Å². The molecule has 0 atom stereocenters. The number of hydrogen-bond acceptors (Lipinski definition) is 2. The molecule has 0 bridgehead atoms. The quantitative estimate of drug-likeness (QED) is 0.419. The number of nitrogens with zero attached hydrogens (tertiary/aromatic N) is 2. The normalized spacial score (nSPS) is 11.8. The summed E-state index contributed by atoms with van der Waals surface area (Å²) in [7, 11) is 0. The first-order chi connectivity index (χ1) is 14.2. The summed E-state index contributed by atoms with van der Waals surface area (Å²) >= 11 is 0. The van der Waals surface area contributed by atoms with Crippen LogP contribution in [0.2, 0.25) is 0 Å². The van der Waals surface area contributed by atoms with E-state index in [9.17, 15) is 26.7 Å². The Kier molecular flexibility index (Phi) is 4.85. The van der Waals surface area contributed by atoms with Gasteiger partial charge in [-0.2, -0.15) is 18.3 Å². The van der Waals surface area contributed by atoms with Crippen molar-refractivity contribution in [1.82, 2.24) is 9.78 Å². The van der Waals surface area contributed by atoms with Crippen molar-refractivity contribution in [3.05, 3.63) is 99.7 Å². The third kappa shape index (κ3) is 3.68. The number of rotatable bonds is 3. The van der Waals surface area contributed by atoms with Gasteiger partial charge >= 0.3 is 6.18 Å². The molecule has 0 fully saturated rings. The van der Waals surface area contributed by atoms with E-state index in [0.29, 0.717) is 5.52 Å². The molecule has 0 radical (unpaired) electrons. The van der Waals surface area contributed by atoms with Crippen LogP contribution in [0.5, 0.6) is 0 Å². The molecule has 0 unspecified atom stereocenters. The van der Waals surface area contributed by atoms with Crippen LogP contribution in [0.3, 0.4) is 0 Å². The zero-order chi connectivity index (χ0) is 21.5. The fourth-order valence-electron chi connectivity index (χ4n) is 3.20. The molecule has 4 aromatic rings. The molecule has 1 heterocycles. The number of para-hydroxylation sites is 1. The van der Waals surface area contributed by atoms with E-state index in [4.69, 9.17) is 0 Å². The van der Waals surface area contributed by atoms with Crippen LogP contribution in [0.1, 0.15) is 11.1 Å². The SMILES string of the molecule is O=c1c(-c2cccc(C(F)(F)F)c2)nn(Cc2ccc(F)cc2F)c2ccccc12. The van der Waals surface area contributed by atoms with Gasteiger partial charge < -0.3 is 0 Å². The van der Waals surface area contributed by atoms with Crippen LogP contribution in [-0.4, -0.2) is 9.78 Å². The summed E-state index contributed by atoms with van der Waals surface area (Å²) in [6.45, 7) is -0.140. The van der Waals surface area contributed by atoms with Crippen LogP contribution in [0, 0.1) is 11.6 Å². The average Bonchev–Trinajstić information content (AvgIpc) is 2.71. The smallest absolute Gasteiger partial charge is 0.287 e. The molecule has 0 spiro atoms. The highest BCUT2D eigenvalue weighted by Gasteiger charge is 2.30. The number of hydrogen-bond donors (Lipinski definition) is 0. The molecule has 0 aliphatic heterocycles. The molecule has 3 nitrogen and oxygen atoms in total. The van der Waals surface area contributed by atoms with Gasteiger partial charge in [-0.05, 0) is 30.3 Å². The molecule has 0 N–H and O–H groups in total. The van der Waals surface area contributed by atoms with Crippen molar-refractivity contribution < 1.29 is 22.0 Å². The summed E-state index contributed by atoms with van der Waals surface area (Å²) in [5, 5.41) is 4.45. The summed E-state index contributed by atoms with van der Waals surface area (Å²) in [4.78, 5) is 12.9. The highest BCUT2D eigenvalue weighted by Crippen LogP contribution is 2.31. The Hall–Kier alpha value is -3.55. The highest BCUT2D eigenvalue weighted by atomic mass is 19.4. The van der Waals surface area contributed by atoms with E-state index in [0.717, 1.165) is 24.3 Å². The molecule has 152 valence electrons. The topological polar surface area (TPSA) is 34.9 Å². The second kappa shape index (κ2) is 7.37. The number of fused-ring (bicyclic) bond motifs is 1. The molecular weight excluding hydrogens is 403 g/mol. The first-order valence-electron chi connectivity index (χ1n) is 8.85. The number of halogens is 5. The maximum Gasteiger partial charge on any atom is 0.416 e. The van der Waals surface area contributed by atoms with Crippen molar-refractivity contribution >= 4 is 10.9 Å². The van der Waals surface area contributed by atoms with Crippen LogP contribution >= 0.6 is 0 Å². The molecule has 0 amide bonds. The van der Waals surface area contributed by atoms with Gasteiger partial charge in [-0.15, -0.1) is 0 Å². The van der Waals surface area contributed by atoms with Crippen molar-refractivity contribution in [1.29, 1.82) is 0 Å². The maximum absolute atomic E-state index is 14.2. The third-order valence-corrected chi connectivity index (χ3v) is 4.66. The van der Waals surface area contributed by atoms with Gasteiger partial charge in [0.25, 0.3) is 0 Å². The molecule has 8 heteroatoms. The van der Waals surface area contributed by atoms with E-state index in [1.807, 2.05) is 0 Å². The molecule has 0 aliphatic carbocycles. The molecule has 0 aliphatic rings. The first kappa shape index (κ1) is 19.8. The van der Waals surface area contributed by atoms with Crippen molar-refractivity contribution in [3.63, 3.8) is 0 Å². The van der Waals surface area contributed by atoms with Gasteiger partial charge in [-0.3, -0.25) is 9.48 Å². The lowest BCUT2D eigenvalue weighted by molar-refractivity contribution is -0.137. The monoisotopic (exact) mass is 416 g/mol. The third-order valence-electron chi connectivity index (χ3n) is 4.66. The fraction of sp³-hybridized carbons (Fsp3) is 0.0909. The van der Waals surface area contributed by atoms with Gasteiger partial charge in [0.15, 0.2) is 0 Å². The van der Waals surface area contributed by atoms with Crippen molar-refractivity contribution in [3.8, 4) is 11.3 Å². The largest absolute Gasteiger partial charge is 0.416 e. The molecule has 3 aromatic carbocycles. The van der Waals surface area contributed by atoms with Crippen LogP contribution < -0.4 is 5.43 Å². The second-order valence-electron chi connectivity index (χ2n) is 6.67. The summed E-state index contributed by atoms with van der Waals surface area (Å²) in [5.74, 6) is -1.53. The van der Waals surface area contributed by atoms with Crippen molar-refractivity contribution in [2.75, 3.05) is 0 Å². The zero-order valence-corrected chi connectivity index (χ0v) is 15.3. The molecule has 4 rings (SSSR count). The Morgan fingerprint density at radius 3 is 2.40 bits per heavy atom. The minimum atomic E-state index is -4.58. The van der Waals surface area contributed by atoms with Gasteiger partial charge in [-0.1, -0.05) is 30.3 Å². The van der Waals surface area contributed by atoms with Crippen LogP contribution in [-0.2, 0) is 12.7 Å². The van der Waals surface area contributed by atoms with E-state index in [-0.39, 0.29) is 28.8 Å². The average molecular weight is 416 g/mol. The minimum Gasteiger partial charge on any atom is -0.287 e. The van der Waals surface area contributed by atoms with Gasteiger partial charge in [0, 0.05) is 22.6 Å². The predicted molar refractivity (Wildman–Crippen MR) is 102 cm³/mol. The van der Waals surface area contributed by atoms with Crippen LogP contribution in [0.15, 0.2) is 71.5 Å². The Bertz CT molecular complexity index is 1310. The van der Waals surface area contributed by atoms with Crippen LogP contribution in [0.25, 0.3) is 22.2 Å². The summed E-state index contributed by atoms with van der Waals surface area (Å²) < 4.78 is 68.0. The molecular formula is C22H13F5N2O. The predicted octanol–water partition coefficient (Wildman–Crippen LogP) is 5.41. The van der Waals surface area contributed by atoms with Crippen LogP contribution in [0.4, 0.5) is 22.0 Å². The number of aromatic nitrogens is 2. The highest BCUT2D eigenvalue weighted by molar-refractivity contribution is 5.82. The van der Waals surface area contributed by atoms with E-state index in [2.05, 4.69) is 5.10 Å². The van der Waals surface area contributed by atoms with E-state index < -0.39 is 28.8 Å². The van der Waals surface area contributed by atoms with Gasteiger partial charge in [-0.25, -0.2) is 8.78 Å². The molecule has 1 aromatic heterocycles.